The van der Waals surface area contributed by atoms with Gasteiger partial charge in [-0.05, 0) is 11.3 Å². The van der Waals surface area contributed by atoms with E-state index in [1.807, 2.05) is 0 Å². The zero-order valence-electron chi connectivity index (χ0n) is 17.5. The number of hydrogen-bond donors (Lipinski definition) is 7. The molecule has 1 aliphatic rings. The molecule has 0 saturated carbocycles. The van der Waals surface area contributed by atoms with Crippen LogP contribution >= 0.6 is 23.5 Å². The van der Waals surface area contributed by atoms with Crippen molar-refractivity contribution in [3.63, 3.8) is 0 Å². The predicted octanol–water partition coefficient (Wildman–Crippen LogP) is -0.203. The summed E-state index contributed by atoms with van der Waals surface area (Å²) in [7, 11) is -16.6. The first-order chi connectivity index (χ1) is 16.0. The van der Waals surface area contributed by atoms with E-state index in [9.17, 15) is 33.8 Å². The van der Waals surface area contributed by atoms with Crippen LogP contribution in [-0.4, -0.2) is 64.3 Å². The van der Waals surface area contributed by atoms with Crippen LogP contribution in [-0.2, 0) is 31.6 Å². The number of hydrogen-bond acceptors (Lipinski definition) is 12. The summed E-state index contributed by atoms with van der Waals surface area (Å²) >= 11 is 0. The Morgan fingerprint density at radius 1 is 1.26 bits per heavy atom. The third-order valence-corrected chi connectivity index (χ3v) is 8.04. The molecule has 18 nitrogen and oxygen atoms in total. The number of ether oxygens (including phenoxy) is 1. The fourth-order valence-corrected chi connectivity index (χ4v) is 5.97. The van der Waals surface area contributed by atoms with Crippen LogP contribution in [0, 0.1) is 22.0 Å². The van der Waals surface area contributed by atoms with Gasteiger partial charge in [0.2, 0.25) is 6.23 Å². The van der Waals surface area contributed by atoms with Crippen molar-refractivity contribution in [2.75, 3.05) is 6.61 Å². The molecule has 0 amide bonds. The fourth-order valence-electron chi connectivity index (χ4n) is 2.86. The first kappa shape index (κ1) is 29.7. The van der Waals surface area contributed by atoms with Gasteiger partial charge in [-0.25, -0.2) is 18.3 Å². The normalized spacial score (nSPS) is 24.7. The molecule has 1 saturated heterocycles. The smallest absolute Gasteiger partial charge is 0.394 e. The molecule has 0 spiro atoms. The Kier molecular flexibility index (Phi) is 9.93. The molecule has 2 heterocycles. The average Bonchev–Trinajstić information content (AvgIpc) is 3.25. The molecule has 1 aromatic heterocycles. The minimum Gasteiger partial charge on any atom is -0.394 e. The molecule has 2 rings (SSSR count). The maximum atomic E-state index is 11.7. The topological polar surface area (TPSA) is 284 Å². The van der Waals surface area contributed by atoms with E-state index in [4.69, 9.17) is 30.3 Å². The van der Waals surface area contributed by atoms with E-state index in [1.165, 1.54) is 6.20 Å². The molecule has 198 valence electrons. The van der Waals surface area contributed by atoms with Gasteiger partial charge in [0.1, 0.15) is 18.5 Å². The molecule has 8 N–H and O–H groups in total. The van der Waals surface area contributed by atoms with Gasteiger partial charge in [0.05, 0.1) is 24.3 Å². The number of nitrogens with two attached hydrogens (primary N) is 1. The van der Waals surface area contributed by atoms with E-state index in [-0.39, 0.29) is 30.6 Å². The minimum absolute atomic E-state index is 0.00304. The van der Waals surface area contributed by atoms with Gasteiger partial charge >= 0.3 is 29.3 Å². The predicted molar refractivity (Wildman–Crippen MR) is 112 cm³/mol. The molecule has 0 radical (unpaired) electrons. The van der Waals surface area contributed by atoms with Crippen LogP contribution in [0.3, 0.4) is 0 Å². The molecular formula is C14H22N3O15P3. The van der Waals surface area contributed by atoms with Gasteiger partial charge in [-0.1, -0.05) is 11.8 Å². The molecule has 21 heteroatoms. The van der Waals surface area contributed by atoms with Crippen LogP contribution in [0.15, 0.2) is 12.3 Å². The summed E-state index contributed by atoms with van der Waals surface area (Å²) in [4.78, 5) is 46.1. The summed E-state index contributed by atoms with van der Waals surface area (Å²) in [6, 6.07) is 1.14. The van der Waals surface area contributed by atoms with Crippen LogP contribution in [0.1, 0.15) is 31.1 Å². The lowest BCUT2D eigenvalue weighted by atomic mass is 10.2. The number of nitro groups is 1. The molecule has 6 atom stereocenters. The van der Waals surface area contributed by atoms with Crippen LogP contribution in [0.4, 0.5) is 5.82 Å². The number of rotatable bonds is 11. The maximum Gasteiger partial charge on any atom is 0.490 e. The largest absolute Gasteiger partial charge is 0.490 e. The first-order valence-electron chi connectivity index (χ1n) is 9.39. The molecule has 0 bridgehead atoms. The van der Waals surface area contributed by atoms with E-state index in [2.05, 4.69) is 25.0 Å². The molecular weight excluding hydrogens is 543 g/mol. The van der Waals surface area contributed by atoms with Crippen molar-refractivity contribution in [2.24, 2.45) is 5.73 Å². The molecule has 35 heavy (non-hydrogen) atoms. The molecule has 1 fully saturated rings. The highest BCUT2D eigenvalue weighted by atomic mass is 31.3. The van der Waals surface area contributed by atoms with Crippen molar-refractivity contribution in [1.82, 2.24) is 4.57 Å². The SMILES string of the molecule is NC(CCC#Cc1cc([N+](=O)[O-])n([C@H]2C[C@H](O)[C@@H](CO)O2)c1)OP(=O)(O)OP(=O)(O)OP(=O)(O)O. The van der Waals surface area contributed by atoms with Crippen molar-refractivity contribution in [3.05, 3.63) is 27.9 Å². The van der Waals surface area contributed by atoms with Crippen LogP contribution in [0.25, 0.3) is 0 Å². The van der Waals surface area contributed by atoms with Gasteiger partial charge in [-0.15, -0.1) is 0 Å². The van der Waals surface area contributed by atoms with Gasteiger partial charge in [0.15, 0.2) is 0 Å². The summed E-state index contributed by atoms with van der Waals surface area (Å²) < 4.78 is 51.6. The summed E-state index contributed by atoms with van der Waals surface area (Å²) in [5.41, 5.74) is 5.64. The Bertz CT molecular complexity index is 1120. The third-order valence-electron chi connectivity index (χ3n) is 4.18. The molecule has 1 aromatic rings. The van der Waals surface area contributed by atoms with E-state index in [0.29, 0.717) is 0 Å². The van der Waals surface area contributed by atoms with Gasteiger partial charge in [-0.2, -0.15) is 8.62 Å². The van der Waals surface area contributed by atoms with Crippen molar-refractivity contribution in [3.8, 4) is 11.8 Å². The fraction of sp³-hybridized carbons (Fsp3) is 0.571. The molecule has 1 aliphatic heterocycles. The second-order valence-electron chi connectivity index (χ2n) is 6.94. The second-order valence-corrected chi connectivity index (χ2v) is 11.3. The Labute approximate surface area is 196 Å². The molecule has 3 unspecified atom stereocenters. The van der Waals surface area contributed by atoms with E-state index in [1.54, 1.807) is 0 Å². The van der Waals surface area contributed by atoms with Crippen LogP contribution < -0.4 is 5.73 Å². The van der Waals surface area contributed by atoms with Crippen molar-refractivity contribution >= 4 is 29.3 Å². The summed E-state index contributed by atoms with van der Waals surface area (Å²) in [5, 5.41) is 30.3. The highest BCUT2D eigenvalue weighted by molar-refractivity contribution is 7.66. The lowest BCUT2D eigenvalue weighted by Crippen LogP contribution is -2.24. The minimum atomic E-state index is -5.68. The Hall–Kier alpha value is -1.51. The Morgan fingerprint density at radius 3 is 2.46 bits per heavy atom. The quantitative estimate of drug-likeness (QED) is 0.0601. The lowest BCUT2D eigenvalue weighted by Gasteiger charge is -2.18. The van der Waals surface area contributed by atoms with E-state index < -0.39 is 59.7 Å². The lowest BCUT2D eigenvalue weighted by molar-refractivity contribution is -0.393. The van der Waals surface area contributed by atoms with Gasteiger partial charge in [0.25, 0.3) is 0 Å². The van der Waals surface area contributed by atoms with Crippen molar-refractivity contribution in [1.29, 1.82) is 0 Å². The number of phosphoric acid groups is 3. The van der Waals surface area contributed by atoms with Crippen LogP contribution in [0.5, 0.6) is 0 Å². The molecule has 0 aliphatic carbocycles. The third kappa shape index (κ3) is 9.47. The maximum absolute atomic E-state index is 11.7. The zero-order valence-corrected chi connectivity index (χ0v) is 20.1. The van der Waals surface area contributed by atoms with Crippen molar-refractivity contribution < 1.29 is 66.3 Å². The highest BCUT2D eigenvalue weighted by Gasteiger charge is 2.41. The van der Waals surface area contributed by atoms with Gasteiger partial charge < -0.3 is 50.4 Å². The summed E-state index contributed by atoms with van der Waals surface area (Å²) in [5.74, 6) is 4.79. The van der Waals surface area contributed by atoms with Gasteiger partial charge in [0, 0.05) is 12.8 Å². The zero-order chi connectivity index (χ0) is 26.6. The van der Waals surface area contributed by atoms with E-state index in [0.717, 1.165) is 10.6 Å². The Morgan fingerprint density at radius 2 is 1.91 bits per heavy atom. The van der Waals surface area contributed by atoms with E-state index >= 15 is 0 Å². The number of nitrogens with zero attached hydrogens (tertiary/aromatic N) is 2. The number of phosphoric ester groups is 1. The van der Waals surface area contributed by atoms with Gasteiger partial charge in [-0.3, -0.25) is 4.52 Å². The summed E-state index contributed by atoms with van der Waals surface area (Å²) in [6.45, 7) is -0.472. The standard InChI is InChI=1S/C14H22N3O15P3/c15-12(30-34(25,26)32-35(27,28)31-33(22,23)24)4-2-1-3-9-5-13(17(20)21)16(7-9)14-6-10(19)11(8-18)29-14/h5,7,10-12,14,18-19H,2,4,6,8,15H2,(H,25,26)(H,27,28)(H2,22,23,24)/t10-,11+,12?,14+/m0/s1. The second kappa shape index (κ2) is 11.7. The average molecular weight is 565 g/mol. The monoisotopic (exact) mass is 565 g/mol. The molecule has 0 aromatic carbocycles. The van der Waals surface area contributed by atoms with Crippen molar-refractivity contribution in [2.45, 2.75) is 43.9 Å². The number of aromatic nitrogens is 1. The van der Waals surface area contributed by atoms with Crippen LogP contribution in [0.2, 0.25) is 0 Å². The number of aliphatic hydroxyl groups is 2. The number of aliphatic hydroxyl groups excluding tert-OH is 2. The highest BCUT2D eigenvalue weighted by Crippen LogP contribution is 2.66. The Balaban J connectivity index is 1.97. The summed E-state index contributed by atoms with van der Waals surface area (Å²) in [6.07, 6.45) is -3.44. The first-order valence-corrected chi connectivity index (χ1v) is 13.9.